The lowest BCUT2D eigenvalue weighted by Crippen LogP contribution is -2.11. The zero-order valence-electron chi connectivity index (χ0n) is 8.48. The molecule has 1 unspecified atom stereocenters. The molecule has 0 saturated heterocycles. The Balaban J connectivity index is 2.88. The first-order valence-electron chi connectivity index (χ1n) is 4.34. The van der Waals surface area contributed by atoms with E-state index in [0.717, 1.165) is 6.07 Å². The van der Waals surface area contributed by atoms with Gasteiger partial charge in [-0.15, -0.1) is 0 Å². The Hall–Kier alpha value is -1.41. The van der Waals surface area contributed by atoms with Crippen LogP contribution in [0.15, 0.2) is 18.2 Å². The van der Waals surface area contributed by atoms with Gasteiger partial charge >= 0.3 is 7.60 Å². The van der Waals surface area contributed by atoms with Crippen LogP contribution in [0.1, 0.15) is 5.56 Å². The quantitative estimate of drug-likeness (QED) is 0.783. The molecular formula is C9H10FN2O3P. The Morgan fingerprint density at radius 2 is 2.38 bits per heavy atom. The van der Waals surface area contributed by atoms with Gasteiger partial charge in [-0.2, -0.15) is 5.26 Å². The van der Waals surface area contributed by atoms with Crippen molar-refractivity contribution in [2.75, 3.05) is 13.3 Å². The van der Waals surface area contributed by atoms with Gasteiger partial charge in [0.2, 0.25) is 0 Å². The number of benzene rings is 1. The fraction of sp³-hybridized carbons (Fsp3) is 0.222. The Morgan fingerprint density at radius 3 is 2.88 bits per heavy atom. The third kappa shape index (κ3) is 3.31. The first-order valence-corrected chi connectivity index (χ1v) is 6.10. The summed E-state index contributed by atoms with van der Waals surface area (Å²) in [6, 6.07) is 4.98. The number of nitriles is 1. The summed E-state index contributed by atoms with van der Waals surface area (Å²) in [4.78, 5) is 9.27. The molecule has 2 N–H and O–H groups in total. The van der Waals surface area contributed by atoms with Crippen molar-refractivity contribution in [2.24, 2.45) is 0 Å². The van der Waals surface area contributed by atoms with Crippen LogP contribution in [0.2, 0.25) is 0 Å². The normalized spacial score (nSPS) is 13.9. The second-order valence-corrected chi connectivity index (χ2v) is 4.77. The highest BCUT2D eigenvalue weighted by Crippen LogP contribution is 2.41. The standard InChI is InChI=1S/C9H10FN2O3P/c1-12-6-16(13,14)15-8-3-2-7(5-11)9(10)4-8/h2-4,12H,6H2,1H3,(H,13,14). The molecule has 0 radical (unpaired) electrons. The van der Waals surface area contributed by atoms with Crippen molar-refractivity contribution in [3.63, 3.8) is 0 Å². The summed E-state index contributed by atoms with van der Waals surface area (Å²) >= 11 is 0. The summed E-state index contributed by atoms with van der Waals surface area (Å²) in [6.45, 7) is 0. The van der Waals surface area contributed by atoms with Crippen molar-refractivity contribution < 1.29 is 18.4 Å². The van der Waals surface area contributed by atoms with Crippen molar-refractivity contribution in [1.29, 1.82) is 5.26 Å². The van der Waals surface area contributed by atoms with Crippen molar-refractivity contribution in [3.05, 3.63) is 29.6 Å². The Kier molecular flexibility index (Phi) is 4.02. The number of nitrogens with zero attached hydrogens (tertiary/aromatic N) is 1. The van der Waals surface area contributed by atoms with Crippen LogP contribution in [0.3, 0.4) is 0 Å². The SMILES string of the molecule is CNCP(=O)(O)Oc1ccc(C#N)c(F)c1. The molecule has 0 bridgehead atoms. The van der Waals surface area contributed by atoms with Crippen LogP contribution in [0.4, 0.5) is 4.39 Å². The fourth-order valence-electron chi connectivity index (χ4n) is 1.04. The van der Waals surface area contributed by atoms with Crippen LogP contribution in [-0.4, -0.2) is 18.2 Å². The zero-order chi connectivity index (χ0) is 12.2. The third-order valence-corrected chi connectivity index (χ3v) is 2.88. The maximum atomic E-state index is 13.1. The molecule has 0 aromatic heterocycles. The first kappa shape index (κ1) is 12.7. The zero-order valence-corrected chi connectivity index (χ0v) is 9.37. The van der Waals surface area contributed by atoms with Gasteiger partial charge in [0, 0.05) is 6.07 Å². The molecule has 0 fully saturated rings. The number of nitrogens with one attached hydrogen (secondary N) is 1. The Bertz CT molecular complexity index is 472. The molecule has 1 aromatic carbocycles. The van der Waals surface area contributed by atoms with Crippen molar-refractivity contribution in [1.82, 2.24) is 5.32 Å². The maximum Gasteiger partial charge on any atom is 0.390 e. The van der Waals surface area contributed by atoms with Gasteiger partial charge in [-0.3, -0.25) is 0 Å². The van der Waals surface area contributed by atoms with Gasteiger partial charge in [0.15, 0.2) is 0 Å². The van der Waals surface area contributed by atoms with E-state index in [-0.39, 0.29) is 17.6 Å². The Morgan fingerprint density at radius 1 is 1.69 bits per heavy atom. The molecule has 0 aliphatic carbocycles. The lowest BCUT2D eigenvalue weighted by atomic mass is 10.2. The van der Waals surface area contributed by atoms with Gasteiger partial charge in [0.05, 0.1) is 5.56 Å². The summed E-state index contributed by atoms with van der Waals surface area (Å²) < 4.78 is 29.2. The van der Waals surface area contributed by atoms with Crippen LogP contribution in [0.5, 0.6) is 5.75 Å². The third-order valence-electron chi connectivity index (χ3n) is 1.67. The molecule has 0 heterocycles. The summed E-state index contributed by atoms with van der Waals surface area (Å²) in [5.41, 5.74) is -0.145. The van der Waals surface area contributed by atoms with E-state index in [1.165, 1.54) is 19.2 Å². The number of hydrogen-bond donors (Lipinski definition) is 2. The Labute approximate surface area is 92.0 Å². The maximum absolute atomic E-state index is 13.1. The molecule has 1 atom stereocenters. The molecule has 0 aliphatic heterocycles. The van der Waals surface area contributed by atoms with E-state index < -0.39 is 13.4 Å². The largest absolute Gasteiger partial charge is 0.424 e. The lowest BCUT2D eigenvalue weighted by molar-refractivity contribution is 0.375. The van der Waals surface area contributed by atoms with Crippen LogP contribution >= 0.6 is 7.60 Å². The molecular weight excluding hydrogens is 234 g/mol. The van der Waals surface area contributed by atoms with Gasteiger partial charge in [0.1, 0.15) is 23.9 Å². The van der Waals surface area contributed by atoms with Crippen molar-refractivity contribution in [2.45, 2.75) is 0 Å². The molecule has 1 aromatic rings. The van der Waals surface area contributed by atoms with Crippen LogP contribution in [0, 0.1) is 17.1 Å². The minimum Gasteiger partial charge on any atom is -0.424 e. The first-order chi connectivity index (χ1) is 7.48. The molecule has 0 spiro atoms. The number of rotatable bonds is 4. The minimum atomic E-state index is -3.82. The summed E-state index contributed by atoms with van der Waals surface area (Å²) in [7, 11) is -2.33. The van der Waals surface area contributed by atoms with Gasteiger partial charge in [-0.1, -0.05) is 0 Å². The van der Waals surface area contributed by atoms with Gasteiger partial charge in [0.25, 0.3) is 0 Å². The molecule has 7 heteroatoms. The van der Waals surface area contributed by atoms with Gasteiger partial charge in [-0.25, -0.2) is 8.96 Å². The summed E-state index contributed by atoms with van der Waals surface area (Å²) in [5, 5.41) is 11.0. The molecule has 16 heavy (non-hydrogen) atoms. The number of hydrogen-bond acceptors (Lipinski definition) is 4. The predicted octanol–water partition coefficient (Wildman–Crippen LogP) is 1.44. The highest BCUT2D eigenvalue weighted by molar-refractivity contribution is 7.53. The highest BCUT2D eigenvalue weighted by atomic mass is 31.2. The monoisotopic (exact) mass is 244 g/mol. The van der Waals surface area contributed by atoms with E-state index in [4.69, 9.17) is 9.79 Å². The number of halogens is 1. The van der Waals surface area contributed by atoms with E-state index in [0.29, 0.717) is 0 Å². The fourth-order valence-corrected chi connectivity index (χ4v) is 1.95. The smallest absolute Gasteiger partial charge is 0.390 e. The molecule has 0 amide bonds. The summed E-state index contributed by atoms with van der Waals surface area (Å²) in [5.74, 6) is -0.873. The second-order valence-electron chi connectivity index (χ2n) is 2.99. The van der Waals surface area contributed by atoms with E-state index in [1.807, 2.05) is 0 Å². The minimum absolute atomic E-state index is 0.0856. The molecule has 86 valence electrons. The van der Waals surface area contributed by atoms with Crippen molar-refractivity contribution in [3.8, 4) is 11.8 Å². The average molecular weight is 244 g/mol. The van der Waals surface area contributed by atoms with E-state index in [1.54, 1.807) is 6.07 Å². The highest BCUT2D eigenvalue weighted by Gasteiger charge is 2.20. The van der Waals surface area contributed by atoms with Crippen molar-refractivity contribution >= 4 is 7.60 Å². The van der Waals surface area contributed by atoms with Crippen LogP contribution in [-0.2, 0) is 4.57 Å². The van der Waals surface area contributed by atoms with Crippen LogP contribution < -0.4 is 9.84 Å². The van der Waals surface area contributed by atoms with E-state index >= 15 is 0 Å². The summed E-state index contributed by atoms with van der Waals surface area (Å²) in [6.07, 6.45) is -0.241. The molecule has 0 aliphatic rings. The average Bonchev–Trinajstić information content (AvgIpc) is 2.17. The lowest BCUT2D eigenvalue weighted by Gasteiger charge is -2.12. The molecule has 0 saturated carbocycles. The topological polar surface area (TPSA) is 82.3 Å². The van der Waals surface area contributed by atoms with Gasteiger partial charge < -0.3 is 14.7 Å². The van der Waals surface area contributed by atoms with Crippen LogP contribution in [0.25, 0.3) is 0 Å². The predicted molar refractivity (Wildman–Crippen MR) is 55.5 cm³/mol. The molecule has 5 nitrogen and oxygen atoms in total. The van der Waals surface area contributed by atoms with E-state index in [2.05, 4.69) is 5.32 Å². The molecule has 1 rings (SSSR count). The van der Waals surface area contributed by atoms with Gasteiger partial charge in [-0.05, 0) is 19.2 Å². The second kappa shape index (κ2) is 5.08. The van der Waals surface area contributed by atoms with E-state index in [9.17, 15) is 13.8 Å².